The largest absolute Gasteiger partial charge is 0.508 e. The van der Waals surface area contributed by atoms with Gasteiger partial charge >= 0.3 is 0 Å². The van der Waals surface area contributed by atoms with Crippen LogP contribution in [0, 0.1) is 6.92 Å². The summed E-state index contributed by atoms with van der Waals surface area (Å²) in [5, 5.41) is 17.8. The first-order valence-corrected chi connectivity index (χ1v) is 6.59. The summed E-state index contributed by atoms with van der Waals surface area (Å²) in [6.45, 7) is 6.09. The number of phenols is 1. The standard InChI is InChI=1S/C15H21N3O/c1-5-13-14(9-18(4)17-13)16-11(3)12-7-6-10(2)8-15(12)19/h6-9,11,16,19H,5H2,1-4H3. The normalized spacial score (nSPS) is 12.4. The molecule has 2 rings (SSSR count). The Kier molecular flexibility index (Phi) is 3.79. The third-order valence-electron chi connectivity index (χ3n) is 3.26. The number of aryl methyl sites for hydroxylation is 3. The molecule has 2 aromatic rings. The van der Waals surface area contributed by atoms with Crippen molar-refractivity contribution in [1.82, 2.24) is 9.78 Å². The molecule has 1 unspecified atom stereocenters. The van der Waals surface area contributed by atoms with E-state index < -0.39 is 0 Å². The number of nitrogens with one attached hydrogen (secondary N) is 1. The van der Waals surface area contributed by atoms with Crippen LogP contribution in [0.1, 0.15) is 36.7 Å². The predicted octanol–water partition coefficient (Wildman–Crippen LogP) is 3.17. The summed E-state index contributed by atoms with van der Waals surface area (Å²) < 4.78 is 1.81. The Labute approximate surface area is 114 Å². The van der Waals surface area contributed by atoms with Crippen molar-refractivity contribution in [3.63, 3.8) is 0 Å². The van der Waals surface area contributed by atoms with Crippen LogP contribution < -0.4 is 5.32 Å². The molecule has 1 atom stereocenters. The molecule has 2 N–H and O–H groups in total. The maximum atomic E-state index is 10.0. The Morgan fingerprint density at radius 3 is 2.79 bits per heavy atom. The molecule has 0 spiro atoms. The van der Waals surface area contributed by atoms with Crippen LogP contribution in [-0.2, 0) is 13.5 Å². The third kappa shape index (κ3) is 2.89. The summed E-state index contributed by atoms with van der Waals surface area (Å²) in [5.41, 5.74) is 4.03. The second-order valence-electron chi connectivity index (χ2n) is 4.94. The molecule has 19 heavy (non-hydrogen) atoms. The van der Waals surface area contributed by atoms with Gasteiger partial charge in [0.25, 0.3) is 0 Å². The Morgan fingerprint density at radius 1 is 1.42 bits per heavy atom. The summed E-state index contributed by atoms with van der Waals surface area (Å²) in [4.78, 5) is 0. The molecule has 0 aliphatic heterocycles. The fourth-order valence-corrected chi connectivity index (χ4v) is 2.25. The van der Waals surface area contributed by atoms with Crippen LogP contribution in [0.5, 0.6) is 5.75 Å². The minimum Gasteiger partial charge on any atom is -0.508 e. The lowest BCUT2D eigenvalue weighted by Gasteiger charge is -2.16. The topological polar surface area (TPSA) is 50.1 Å². The van der Waals surface area contributed by atoms with E-state index in [1.165, 1.54) is 0 Å². The number of benzene rings is 1. The summed E-state index contributed by atoms with van der Waals surface area (Å²) in [6.07, 6.45) is 2.86. The molecule has 0 aliphatic carbocycles. The second kappa shape index (κ2) is 5.34. The number of hydrogen-bond acceptors (Lipinski definition) is 3. The zero-order chi connectivity index (χ0) is 14.0. The zero-order valence-corrected chi connectivity index (χ0v) is 11.9. The minimum atomic E-state index is 0.0371. The first-order valence-electron chi connectivity index (χ1n) is 6.59. The van der Waals surface area contributed by atoms with Gasteiger partial charge in [0.2, 0.25) is 0 Å². The van der Waals surface area contributed by atoms with Crippen molar-refractivity contribution < 1.29 is 5.11 Å². The van der Waals surface area contributed by atoms with Crippen molar-refractivity contribution in [3.05, 3.63) is 41.2 Å². The molecule has 1 aromatic carbocycles. The Balaban J connectivity index is 2.22. The van der Waals surface area contributed by atoms with Crippen molar-refractivity contribution >= 4 is 5.69 Å². The van der Waals surface area contributed by atoms with E-state index in [0.717, 1.165) is 28.9 Å². The van der Waals surface area contributed by atoms with Crippen molar-refractivity contribution in [3.8, 4) is 5.75 Å². The van der Waals surface area contributed by atoms with Crippen LogP contribution in [0.2, 0.25) is 0 Å². The number of aromatic nitrogens is 2. The number of rotatable bonds is 4. The summed E-state index contributed by atoms with van der Waals surface area (Å²) >= 11 is 0. The molecule has 0 radical (unpaired) electrons. The first-order chi connectivity index (χ1) is 9.01. The van der Waals surface area contributed by atoms with Crippen molar-refractivity contribution in [2.75, 3.05) is 5.32 Å². The van der Waals surface area contributed by atoms with Gasteiger partial charge < -0.3 is 10.4 Å². The maximum absolute atomic E-state index is 10.0. The van der Waals surface area contributed by atoms with Gasteiger partial charge in [-0.1, -0.05) is 19.1 Å². The van der Waals surface area contributed by atoms with Gasteiger partial charge in [-0.25, -0.2) is 0 Å². The number of hydrogen-bond donors (Lipinski definition) is 2. The van der Waals surface area contributed by atoms with Crippen LogP contribution in [0.4, 0.5) is 5.69 Å². The van der Waals surface area contributed by atoms with Gasteiger partial charge in [0.1, 0.15) is 5.75 Å². The lowest BCUT2D eigenvalue weighted by Crippen LogP contribution is -2.07. The van der Waals surface area contributed by atoms with E-state index >= 15 is 0 Å². The predicted molar refractivity (Wildman–Crippen MR) is 77.5 cm³/mol. The maximum Gasteiger partial charge on any atom is 0.121 e. The van der Waals surface area contributed by atoms with Gasteiger partial charge in [0.15, 0.2) is 0 Å². The molecule has 0 fully saturated rings. The van der Waals surface area contributed by atoms with Gasteiger partial charge in [-0.05, 0) is 31.9 Å². The monoisotopic (exact) mass is 259 g/mol. The fraction of sp³-hybridized carbons (Fsp3) is 0.400. The van der Waals surface area contributed by atoms with Crippen LogP contribution in [0.15, 0.2) is 24.4 Å². The molecule has 0 aliphatic rings. The molecule has 102 valence electrons. The summed E-state index contributed by atoms with van der Waals surface area (Å²) in [6, 6.07) is 5.80. The van der Waals surface area contributed by atoms with Crippen molar-refractivity contribution in [2.45, 2.75) is 33.2 Å². The van der Waals surface area contributed by atoms with E-state index in [4.69, 9.17) is 0 Å². The molecule has 0 amide bonds. The van der Waals surface area contributed by atoms with Gasteiger partial charge in [0, 0.05) is 18.8 Å². The van der Waals surface area contributed by atoms with E-state index in [2.05, 4.69) is 17.3 Å². The summed E-state index contributed by atoms with van der Waals surface area (Å²) in [7, 11) is 1.92. The van der Waals surface area contributed by atoms with E-state index in [1.807, 2.05) is 43.9 Å². The molecule has 1 heterocycles. The highest BCUT2D eigenvalue weighted by atomic mass is 16.3. The van der Waals surface area contributed by atoms with E-state index in [1.54, 1.807) is 6.07 Å². The average Bonchev–Trinajstić information content (AvgIpc) is 2.69. The number of anilines is 1. The highest BCUT2D eigenvalue weighted by molar-refractivity contribution is 5.50. The lowest BCUT2D eigenvalue weighted by molar-refractivity contribution is 0.465. The van der Waals surface area contributed by atoms with Gasteiger partial charge in [-0.15, -0.1) is 0 Å². The lowest BCUT2D eigenvalue weighted by atomic mass is 10.0. The van der Waals surface area contributed by atoms with E-state index in [0.29, 0.717) is 5.75 Å². The van der Waals surface area contributed by atoms with Crippen LogP contribution in [0.25, 0.3) is 0 Å². The quantitative estimate of drug-likeness (QED) is 0.886. The van der Waals surface area contributed by atoms with Crippen LogP contribution in [-0.4, -0.2) is 14.9 Å². The fourth-order valence-electron chi connectivity index (χ4n) is 2.25. The third-order valence-corrected chi connectivity index (χ3v) is 3.26. The van der Waals surface area contributed by atoms with E-state index in [-0.39, 0.29) is 6.04 Å². The van der Waals surface area contributed by atoms with Gasteiger partial charge in [-0.2, -0.15) is 5.10 Å². The number of nitrogens with zero attached hydrogens (tertiary/aromatic N) is 2. The molecule has 0 bridgehead atoms. The van der Waals surface area contributed by atoms with Gasteiger partial charge in [0.05, 0.1) is 17.4 Å². The minimum absolute atomic E-state index is 0.0371. The SMILES string of the molecule is CCc1nn(C)cc1NC(C)c1ccc(C)cc1O. The Bertz CT molecular complexity index is 575. The zero-order valence-electron chi connectivity index (χ0n) is 11.9. The number of aromatic hydroxyl groups is 1. The molecule has 0 saturated carbocycles. The van der Waals surface area contributed by atoms with Crippen molar-refractivity contribution in [1.29, 1.82) is 0 Å². The smallest absolute Gasteiger partial charge is 0.121 e. The number of phenolic OH excluding ortho intramolecular Hbond substituents is 1. The van der Waals surface area contributed by atoms with Crippen LogP contribution in [0.3, 0.4) is 0 Å². The van der Waals surface area contributed by atoms with Crippen LogP contribution >= 0.6 is 0 Å². The highest BCUT2D eigenvalue weighted by Gasteiger charge is 2.13. The molecule has 1 aromatic heterocycles. The van der Waals surface area contributed by atoms with Crippen molar-refractivity contribution in [2.24, 2.45) is 7.05 Å². The molecule has 0 saturated heterocycles. The highest BCUT2D eigenvalue weighted by Crippen LogP contribution is 2.28. The molecule has 4 heteroatoms. The van der Waals surface area contributed by atoms with E-state index in [9.17, 15) is 5.11 Å². The molecule has 4 nitrogen and oxygen atoms in total. The Morgan fingerprint density at radius 2 is 2.16 bits per heavy atom. The second-order valence-corrected chi connectivity index (χ2v) is 4.94. The first kappa shape index (κ1) is 13.5. The summed E-state index contributed by atoms with van der Waals surface area (Å²) in [5.74, 6) is 0.335. The molecular weight excluding hydrogens is 238 g/mol. The molecular formula is C15H21N3O. The Hall–Kier alpha value is -1.97. The van der Waals surface area contributed by atoms with Gasteiger partial charge in [-0.3, -0.25) is 4.68 Å². The average molecular weight is 259 g/mol.